The molecule has 0 spiro atoms. The van der Waals surface area contributed by atoms with Crippen LogP contribution in [0.3, 0.4) is 0 Å². The van der Waals surface area contributed by atoms with Crippen LogP contribution >= 0.6 is 23.2 Å². The van der Waals surface area contributed by atoms with Crippen molar-refractivity contribution in [2.75, 3.05) is 0 Å². The Hall–Kier alpha value is -1.51. The summed E-state index contributed by atoms with van der Waals surface area (Å²) in [5, 5.41) is 1.12. The van der Waals surface area contributed by atoms with Crippen LogP contribution in [0, 0.1) is 0 Å². The van der Waals surface area contributed by atoms with Gasteiger partial charge in [0.25, 0.3) is 0 Å². The van der Waals surface area contributed by atoms with Crippen LogP contribution in [0.4, 0.5) is 0 Å². The number of benzene rings is 2. The molecule has 0 unspecified atom stereocenters. The van der Waals surface area contributed by atoms with Gasteiger partial charge in [0.2, 0.25) is 0 Å². The molecule has 2 aromatic carbocycles. The fourth-order valence-corrected chi connectivity index (χ4v) is 2.27. The number of rotatable bonds is 2. The Kier molecular flexibility index (Phi) is 3.90. The van der Waals surface area contributed by atoms with Gasteiger partial charge in [0.15, 0.2) is 0 Å². The monoisotopic (exact) mass is 280 g/mol. The Morgan fingerprint density at radius 2 is 1.67 bits per heavy atom. The minimum atomic E-state index is -0.364. The standard InChI is InChI=1S/C14H10Cl2O2/c1-9(17)18-11-5-2-4-10(8-11)14-12(15)6-3-7-13(14)16/h2-8H,1H3. The molecule has 0 bridgehead atoms. The number of carbonyl (C=O) groups excluding carboxylic acids is 1. The van der Waals surface area contributed by atoms with Gasteiger partial charge in [0, 0.05) is 22.5 Å². The van der Waals surface area contributed by atoms with Crippen molar-refractivity contribution in [3.63, 3.8) is 0 Å². The van der Waals surface area contributed by atoms with Crippen LogP contribution in [-0.2, 0) is 4.79 Å². The van der Waals surface area contributed by atoms with E-state index in [4.69, 9.17) is 27.9 Å². The fraction of sp³-hybridized carbons (Fsp3) is 0.0714. The molecule has 92 valence electrons. The highest BCUT2D eigenvalue weighted by molar-refractivity contribution is 6.39. The lowest BCUT2D eigenvalue weighted by atomic mass is 10.1. The molecule has 2 aromatic rings. The zero-order valence-electron chi connectivity index (χ0n) is 9.61. The van der Waals surface area contributed by atoms with Crippen LogP contribution in [-0.4, -0.2) is 5.97 Å². The van der Waals surface area contributed by atoms with E-state index in [0.29, 0.717) is 15.8 Å². The Bertz CT molecular complexity index is 574. The first-order chi connectivity index (χ1) is 8.58. The predicted molar refractivity (Wildman–Crippen MR) is 73.2 cm³/mol. The highest BCUT2D eigenvalue weighted by Crippen LogP contribution is 2.35. The summed E-state index contributed by atoms with van der Waals surface area (Å²) < 4.78 is 5.03. The Balaban J connectivity index is 2.48. The molecule has 0 fully saturated rings. The third-order valence-electron chi connectivity index (χ3n) is 2.35. The first-order valence-corrected chi connectivity index (χ1v) is 6.06. The second-order valence-corrected chi connectivity index (χ2v) is 4.53. The summed E-state index contributed by atoms with van der Waals surface area (Å²) in [6.07, 6.45) is 0. The molecular formula is C14H10Cl2O2. The van der Waals surface area contributed by atoms with Crippen molar-refractivity contribution >= 4 is 29.2 Å². The second kappa shape index (κ2) is 5.42. The van der Waals surface area contributed by atoms with E-state index in [9.17, 15) is 4.79 Å². The van der Waals surface area contributed by atoms with Crippen molar-refractivity contribution in [2.45, 2.75) is 6.92 Å². The molecule has 0 saturated heterocycles. The van der Waals surface area contributed by atoms with E-state index in [0.717, 1.165) is 11.1 Å². The predicted octanol–water partition coefficient (Wildman–Crippen LogP) is 4.59. The zero-order chi connectivity index (χ0) is 13.1. The maximum atomic E-state index is 10.9. The van der Waals surface area contributed by atoms with Crippen LogP contribution < -0.4 is 4.74 Å². The lowest BCUT2D eigenvalue weighted by Crippen LogP contribution is -2.01. The van der Waals surface area contributed by atoms with E-state index in [1.165, 1.54) is 6.92 Å². The van der Waals surface area contributed by atoms with Crippen molar-refractivity contribution in [2.24, 2.45) is 0 Å². The molecule has 0 atom stereocenters. The van der Waals surface area contributed by atoms with E-state index in [1.54, 1.807) is 36.4 Å². The van der Waals surface area contributed by atoms with Gasteiger partial charge in [-0.15, -0.1) is 0 Å². The molecular weight excluding hydrogens is 271 g/mol. The molecule has 0 radical (unpaired) electrons. The van der Waals surface area contributed by atoms with E-state index >= 15 is 0 Å². The summed E-state index contributed by atoms with van der Waals surface area (Å²) >= 11 is 12.3. The van der Waals surface area contributed by atoms with Crippen molar-refractivity contribution < 1.29 is 9.53 Å². The average molecular weight is 281 g/mol. The topological polar surface area (TPSA) is 26.3 Å². The molecule has 2 nitrogen and oxygen atoms in total. The first-order valence-electron chi connectivity index (χ1n) is 5.31. The summed E-state index contributed by atoms with van der Waals surface area (Å²) in [6.45, 7) is 1.36. The maximum absolute atomic E-state index is 10.9. The number of hydrogen-bond donors (Lipinski definition) is 0. The van der Waals surface area contributed by atoms with Gasteiger partial charge < -0.3 is 4.74 Å². The van der Waals surface area contributed by atoms with Crippen LogP contribution in [0.2, 0.25) is 10.0 Å². The van der Waals surface area contributed by atoms with Gasteiger partial charge in [0.05, 0.1) is 0 Å². The summed E-state index contributed by atoms with van der Waals surface area (Å²) in [6, 6.07) is 12.4. The Labute approximate surface area is 115 Å². The van der Waals surface area contributed by atoms with Crippen LogP contribution in [0.1, 0.15) is 6.92 Å². The quantitative estimate of drug-likeness (QED) is 0.594. The van der Waals surface area contributed by atoms with Crippen LogP contribution in [0.25, 0.3) is 11.1 Å². The lowest BCUT2D eigenvalue weighted by molar-refractivity contribution is -0.131. The van der Waals surface area contributed by atoms with Gasteiger partial charge in [-0.2, -0.15) is 0 Å². The number of halogens is 2. The molecule has 18 heavy (non-hydrogen) atoms. The first kappa shape index (κ1) is 12.9. The van der Waals surface area contributed by atoms with E-state index in [1.807, 2.05) is 6.07 Å². The average Bonchev–Trinajstić information content (AvgIpc) is 2.28. The summed E-state index contributed by atoms with van der Waals surface area (Å²) in [7, 11) is 0. The molecule has 0 aliphatic heterocycles. The largest absolute Gasteiger partial charge is 0.427 e. The highest BCUT2D eigenvalue weighted by Gasteiger charge is 2.09. The zero-order valence-corrected chi connectivity index (χ0v) is 11.1. The molecule has 0 aliphatic rings. The fourth-order valence-electron chi connectivity index (χ4n) is 1.65. The summed E-state index contributed by atoms with van der Waals surface area (Å²) in [5.74, 6) is 0.105. The molecule has 0 N–H and O–H groups in total. The molecule has 0 aliphatic carbocycles. The Morgan fingerprint density at radius 3 is 2.28 bits per heavy atom. The van der Waals surface area contributed by atoms with Crippen molar-refractivity contribution in [3.05, 3.63) is 52.5 Å². The normalized spacial score (nSPS) is 10.2. The molecule has 0 amide bonds. The third kappa shape index (κ3) is 2.84. The number of ether oxygens (including phenoxy) is 1. The second-order valence-electron chi connectivity index (χ2n) is 3.72. The van der Waals surface area contributed by atoms with Crippen LogP contribution in [0.15, 0.2) is 42.5 Å². The molecule has 2 rings (SSSR count). The number of esters is 1. The lowest BCUT2D eigenvalue weighted by Gasteiger charge is -2.08. The van der Waals surface area contributed by atoms with Gasteiger partial charge in [0.1, 0.15) is 5.75 Å². The number of hydrogen-bond acceptors (Lipinski definition) is 2. The van der Waals surface area contributed by atoms with E-state index in [-0.39, 0.29) is 5.97 Å². The van der Waals surface area contributed by atoms with Gasteiger partial charge in [-0.3, -0.25) is 4.79 Å². The maximum Gasteiger partial charge on any atom is 0.308 e. The van der Waals surface area contributed by atoms with Crippen molar-refractivity contribution in [3.8, 4) is 16.9 Å². The molecule has 4 heteroatoms. The van der Waals surface area contributed by atoms with Gasteiger partial charge in [-0.25, -0.2) is 0 Å². The minimum absolute atomic E-state index is 0.364. The molecule has 0 heterocycles. The third-order valence-corrected chi connectivity index (χ3v) is 2.98. The van der Waals surface area contributed by atoms with Gasteiger partial charge in [-0.1, -0.05) is 41.4 Å². The number of carbonyl (C=O) groups is 1. The molecule has 0 saturated carbocycles. The minimum Gasteiger partial charge on any atom is -0.427 e. The highest BCUT2D eigenvalue weighted by atomic mass is 35.5. The van der Waals surface area contributed by atoms with Gasteiger partial charge in [-0.05, 0) is 29.8 Å². The summed E-state index contributed by atoms with van der Waals surface area (Å²) in [5.41, 5.74) is 1.54. The summed E-state index contributed by atoms with van der Waals surface area (Å²) in [4.78, 5) is 10.9. The smallest absolute Gasteiger partial charge is 0.308 e. The van der Waals surface area contributed by atoms with Crippen LogP contribution in [0.5, 0.6) is 5.75 Å². The Morgan fingerprint density at radius 1 is 1.06 bits per heavy atom. The van der Waals surface area contributed by atoms with E-state index in [2.05, 4.69) is 0 Å². The van der Waals surface area contributed by atoms with Crippen molar-refractivity contribution in [1.29, 1.82) is 0 Å². The SMILES string of the molecule is CC(=O)Oc1cccc(-c2c(Cl)cccc2Cl)c1. The molecule has 0 aromatic heterocycles. The van der Waals surface area contributed by atoms with Crippen molar-refractivity contribution in [1.82, 2.24) is 0 Å². The van der Waals surface area contributed by atoms with Gasteiger partial charge >= 0.3 is 5.97 Å². The van der Waals surface area contributed by atoms with E-state index < -0.39 is 0 Å².